The zero-order valence-electron chi connectivity index (χ0n) is 17.2. The van der Waals surface area contributed by atoms with Crippen LogP contribution >= 0.6 is 11.3 Å². The summed E-state index contributed by atoms with van der Waals surface area (Å²) in [5.74, 6) is 0.562. The van der Waals surface area contributed by atoms with E-state index in [1.165, 1.54) is 28.5 Å². The summed E-state index contributed by atoms with van der Waals surface area (Å²) in [6, 6.07) is 7.47. The molecule has 2 saturated heterocycles. The third kappa shape index (κ3) is 4.68. The smallest absolute Gasteiger partial charge is 0.252 e. The number of carbonyl (C=O) groups excluding carboxylic acids is 1. The van der Waals surface area contributed by atoms with Crippen molar-refractivity contribution in [1.29, 1.82) is 0 Å². The summed E-state index contributed by atoms with van der Waals surface area (Å²) in [5.41, 5.74) is 0.945. The maximum atomic E-state index is 12.9. The van der Waals surface area contributed by atoms with Gasteiger partial charge in [0.25, 0.3) is 10.0 Å². The van der Waals surface area contributed by atoms with Crippen molar-refractivity contribution in [2.24, 2.45) is 5.92 Å². The number of carbonyl (C=O) groups is 1. The van der Waals surface area contributed by atoms with Gasteiger partial charge in [0.15, 0.2) is 0 Å². The Balaban J connectivity index is 1.33. The van der Waals surface area contributed by atoms with Crippen LogP contribution in [-0.2, 0) is 21.4 Å². The van der Waals surface area contributed by atoms with Crippen LogP contribution < -0.4 is 10.2 Å². The standard InChI is InChI=1S/C21H28N4O3S2/c1-16-6-9-20(29-16)30(27,28)25-12-4-5-18(15-25)21(26)23-14-17-7-8-19(22-13-17)24-10-2-3-11-24/h6-9,13,18H,2-5,10-12,14-15H2,1H3,(H,23,26)/t18-/m1/s1. The Morgan fingerprint density at radius 3 is 2.63 bits per heavy atom. The van der Waals surface area contributed by atoms with Crippen molar-refractivity contribution in [3.63, 3.8) is 0 Å². The quantitative estimate of drug-likeness (QED) is 0.735. The van der Waals surface area contributed by atoms with Crippen LogP contribution in [0.2, 0.25) is 0 Å². The molecule has 2 fully saturated rings. The molecule has 4 heterocycles. The number of anilines is 1. The summed E-state index contributed by atoms with van der Waals surface area (Å²) in [6.45, 7) is 5.09. The number of nitrogens with zero attached hydrogens (tertiary/aromatic N) is 3. The number of rotatable bonds is 6. The third-order valence-electron chi connectivity index (χ3n) is 5.77. The maximum Gasteiger partial charge on any atom is 0.252 e. The lowest BCUT2D eigenvalue weighted by Crippen LogP contribution is -2.45. The molecule has 2 aromatic rings. The van der Waals surface area contributed by atoms with Gasteiger partial charge in [0.05, 0.1) is 5.92 Å². The van der Waals surface area contributed by atoms with Crippen LogP contribution in [0.4, 0.5) is 5.82 Å². The number of hydrogen-bond acceptors (Lipinski definition) is 6. The van der Waals surface area contributed by atoms with Gasteiger partial charge in [-0.25, -0.2) is 13.4 Å². The number of amides is 1. The van der Waals surface area contributed by atoms with E-state index in [4.69, 9.17) is 0 Å². The summed E-state index contributed by atoms with van der Waals surface area (Å²) in [7, 11) is -3.53. The number of sulfonamides is 1. The van der Waals surface area contributed by atoms with E-state index in [1.807, 2.05) is 31.3 Å². The van der Waals surface area contributed by atoms with Crippen LogP contribution in [0.5, 0.6) is 0 Å². The Bertz CT molecular complexity index is 982. The van der Waals surface area contributed by atoms with Gasteiger partial charge >= 0.3 is 0 Å². The summed E-state index contributed by atoms with van der Waals surface area (Å²) in [6.07, 6.45) is 5.62. The highest BCUT2D eigenvalue weighted by atomic mass is 32.2. The van der Waals surface area contributed by atoms with Gasteiger partial charge in [-0.05, 0) is 56.4 Å². The van der Waals surface area contributed by atoms with Crippen molar-refractivity contribution >= 4 is 33.1 Å². The first-order chi connectivity index (χ1) is 14.4. The molecule has 0 spiro atoms. The van der Waals surface area contributed by atoms with E-state index in [1.54, 1.807) is 6.07 Å². The second kappa shape index (κ2) is 9.03. The van der Waals surface area contributed by atoms with Crippen molar-refractivity contribution < 1.29 is 13.2 Å². The fourth-order valence-corrected chi connectivity index (χ4v) is 7.00. The number of hydrogen-bond donors (Lipinski definition) is 1. The number of piperidine rings is 1. The number of pyridine rings is 1. The summed E-state index contributed by atoms with van der Waals surface area (Å²) < 4.78 is 27.6. The van der Waals surface area contributed by atoms with Crippen LogP contribution in [-0.4, -0.2) is 49.8 Å². The zero-order chi connectivity index (χ0) is 21.1. The summed E-state index contributed by atoms with van der Waals surface area (Å²) in [4.78, 5) is 20.5. The molecule has 30 heavy (non-hydrogen) atoms. The minimum atomic E-state index is -3.53. The molecule has 1 N–H and O–H groups in total. The van der Waals surface area contributed by atoms with Crippen molar-refractivity contribution in [3.05, 3.63) is 40.9 Å². The van der Waals surface area contributed by atoms with Crippen molar-refractivity contribution in [2.75, 3.05) is 31.1 Å². The Labute approximate surface area is 182 Å². The lowest BCUT2D eigenvalue weighted by Gasteiger charge is -2.30. The molecule has 2 aromatic heterocycles. The molecule has 0 aliphatic carbocycles. The molecule has 1 atom stereocenters. The van der Waals surface area contributed by atoms with E-state index in [-0.39, 0.29) is 18.4 Å². The number of aryl methyl sites for hydroxylation is 1. The van der Waals surface area contributed by atoms with Crippen LogP contribution in [0.3, 0.4) is 0 Å². The SMILES string of the molecule is Cc1ccc(S(=O)(=O)N2CCC[C@@H](C(=O)NCc3ccc(N4CCCC4)nc3)C2)s1. The van der Waals surface area contributed by atoms with E-state index in [2.05, 4.69) is 15.2 Å². The lowest BCUT2D eigenvalue weighted by atomic mass is 9.99. The second-order valence-electron chi connectivity index (χ2n) is 8.00. The van der Waals surface area contributed by atoms with Crippen LogP contribution in [0.15, 0.2) is 34.7 Å². The van der Waals surface area contributed by atoms with Gasteiger partial charge in [-0.3, -0.25) is 4.79 Å². The molecule has 0 radical (unpaired) electrons. The highest BCUT2D eigenvalue weighted by molar-refractivity contribution is 7.91. The van der Waals surface area contributed by atoms with Crippen molar-refractivity contribution in [1.82, 2.24) is 14.6 Å². The van der Waals surface area contributed by atoms with E-state index in [9.17, 15) is 13.2 Å². The summed E-state index contributed by atoms with van der Waals surface area (Å²) in [5, 5.41) is 2.96. The molecule has 9 heteroatoms. The zero-order valence-corrected chi connectivity index (χ0v) is 18.8. The molecule has 0 aromatic carbocycles. The maximum absolute atomic E-state index is 12.9. The lowest BCUT2D eigenvalue weighted by molar-refractivity contribution is -0.126. The largest absolute Gasteiger partial charge is 0.357 e. The minimum absolute atomic E-state index is 0.0964. The average Bonchev–Trinajstić information content (AvgIpc) is 3.45. The first kappa shape index (κ1) is 21.3. The highest BCUT2D eigenvalue weighted by Crippen LogP contribution is 2.28. The van der Waals surface area contributed by atoms with E-state index in [0.29, 0.717) is 30.1 Å². The Hall–Kier alpha value is -1.97. The first-order valence-corrected chi connectivity index (χ1v) is 12.7. The van der Waals surface area contributed by atoms with Gasteiger partial charge in [-0.2, -0.15) is 4.31 Å². The average molecular weight is 449 g/mol. The summed E-state index contributed by atoms with van der Waals surface area (Å²) >= 11 is 1.28. The van der Waals surface area contributed by atoms with E-state index in [0.717, 1.165) is 29.3 Å². The van der Waals surface area contributed by atoms with Gasteiger partial charge in [0.1, 0.15) is 10.0 Å². The number of thiophene rings is 1. The minimum Gasteiger partial charge on any atom is -0.357 e. The predicted molar refractivity (Wildman–Crippen MR) is 118 cm³/mol. The molecule has 162 valence electrons. The van der Waals surface area contributed by atoms with Gasteiger partial charge in [0, 0.05) is 43.8 Å². The molecule has 7 nitrogen and oxygen atoms in total. The molecular formula is C21H28N4O3S2. The second-order valence-corrected chi connectivity index (χ2v) is 11.5. The predicted octanol–water partition coefficient (Wildman–Crippen LogP) is 2.77. The van der Waals surface area contributed by atoms with Crippen LogP contribution in [0.25, 0.3) is 0 Å². The molecule has 0 bridgehead atoms. The fraction of sp³-hybridized carbons (Fsp3) is 0.524. The van der Waals surface area contributed by atoms with Crippen molar-refractivity contribution in [3.8, 4) is 0 Å². The molecule has 1 amide bonds. The molecule has 0 unspecified atom stereocenters. The Kier molecular flexibility index (Phi) is 6.40. The normalized spacial score (nSPS) is 20.4. The third-order valence-corrected chi connectivity index (χ3v) is 9.10. The van der Waals surface area contributed by atoms with Crippen molar-refractivity contribution in [2.45, 2.75) is 43.4 Å². The topological polar surface area (TPSA) is 82.6 Å². The first-order valence-electron chi connectivity index (χ1n) is 10.5. The van der Waals surface area contributed by atoms with Gasteiger partial charge in [0.2, 0.25) is 5.91 Å². The van der Waals surface area contributed by atoms with Gasteiger partial charge in [-0.1, -0.05) is 6.07 Å². The Morgan fingerprint density at radius 2 is 1.97 bits per heavy atom. The molecule has 4 rings (SSSR count). The highest BCUT2D eigenvalue weighted by Gasteiger charge is 2.33. The van der Waals surface area contributed by atoms with Crippen LogP contribution in [0, 0.1) is 12.8 Å². The molecule has 2 aliphatic heterocycles. The number of aromatic nitrogens is 1. The Morgan fingerprint density at radius 1 is 1.17 bits per heavy atom. The fourth-order valence-electron chi connectivity index (χ4n) is 4.04. The van der Waals surface area contributed by atoms with E-state index >= 15 is 0 Å². The van der Waals surface area contributed by atoms with E-state index < -0.39 is 10.0 Å². The monoisotopic (exact) mass is 448 g/mol. The van der Waals surface area contributed by atoms with Gasteiger partial charge < -0.3 is 10.2 Å². The van der Waals surface area contributed by atoms with Gasteiger partial charge in [-0.15, -0.1) is 11.3 Å². The molecule has 0 saturated carbocycles. The van der Waals surface area contributed by atoms with Crippen LogP contribution in [0.1, 0.15) is 36.1 Å². The molecule has 2 aliphatic rings. The number of nitrogens with one attached hydrogen (secondary N) is 1. The molecular weight excluding hydrogens is 420 g/mol.